The Balaban J connectivity index is 2.45. The molecule has 1 heterocycles. The summed E-state index contributed by atoms with van der Waals surface area (Å²) in [5.74, 6) is 1.85. The first-order valence-electron chi connectivity index (χ1n) is 6.68. The molecule has 2 rings (SSSR count). The fraction of sp³-hybridized carbons (Fsp3) is 0.500. The van der Waals surface area contributed by atoms with Gasteiger partial charge in [-0.2, -0.15) is 0 Å². The zero-order valence-electron chi connectivity index (χ0n) is 11.9. The summed E-state index contributed by atoms with van der Waals surface area (Å²) in [7, 11) is 0. The molecule has 0 N–H and O–H groups in total. The molecule has 0 fully saturated rings. The third-order valence-corrected chi connectivity index (χ3v) is 3.85. The van der Waals surface area contributed by atoms with Crippen molar-refractivity contribution in [2.24, 2.45) is 11.3 Å². The Morgan fingerprint density at radius 2 is 1.72 bits per heavy atom. The summed E-state index contributed by atoms with van der Waals surface area (Å²) in [5.41, 5.74) is 2.24. The molecule has 2 heteroatoms. The monoisotopic (exact) mass is 242 g/mol. The number of hydrogen-bond acceptors (Lipinski definition) is 2. The molecule has 0 aliphatic heterocycles. The number of fused-ring (bicyclic) bond motifs is 1. The number of rotatable bonds is 2. The fourth-order valence-electron chi connectivity index (χ4n) is 1.93. The van der Waals surface area contributed by atoms with Crippen molar-refractivity contribution < 1.29 is 0 Å². The Morgan fingerprint density at radius 1 is 1.06 bits per heavy atom. The summed E-state index contributed by atoms with van der Waals surface area (Å²) in [4.78, 5) is 9.08. The Labute approximate surface area is 110 Å². The van der Waals surface area contributed by atoms with Crippen LogP contribution in [0.5, 0.6) is 0 Å². The summed E-state index contributed by atoms with van der Waals surface area (Å²) in [6.45, 7) is 11.0. The van der Waals surface area contributed by atoms with Gasteiger partial charge in [-0.05, 0) is 12.0 Å². The minimum absolute atomic E-state index is 0.0959. The van der Waals surface area contributed by atoms with Crippen molar-refractivity contribution in [1.29, 1.82) is 0 Å². The van der Waals surface area contributed by atoms with Crippen molar-refractivity contribution >= 4 is 12.2 Å². The zero-order chi connectivity index (χ0) is 13.3. The number of nitrogens with zero attached hydrogens (tertiary/aromatic N) is 2. The molecular formula is C16H22N2. The minimum Gasteiger partial charge on any atom is -0.240 e. The highest BCUT2D eigenvalue weighted by molar-refractivity contribution is 5.65. The van der Waals surface area contributed by atoms with Crippen LogP contribution in [0.4, 0.5) is 0 Å². The SMILES string of the molecule is CC(C)c1ncc2c(n1)C=CC(C)(C(C)C)C=C2. The third kappa shape index (κ3) is 2.38. The molecule has 0 saturated heterocycles. The van der Waals surface area contributed by atoms with Gasteiger partial charge in [-0.1, -0.05) is 52.8 Å². The van der Waals surface area contributed by atoms with E-state index in [4.69, 9.17) is 0 Å². The summed E-state index contributed by atoms with van der Waals surface area (Å²) in [6, 6.07) is 0. The molecule has 18 heavy (non-hydrogen) atoms. The maximum atomic E-state index is 4.65. The van der Waals surface area contributed by atoms with Crippen LogP contribution in [0.3, 0.4) is 0 Å². The van der Waals surface area contributed by atoms with Crippen LogP contribution in [-0.4, -0.2) is 9.97 Å². The van der Waals surface area contributed by atoms with Crippen LogP contribution in [0.1, 0.15) is 57.6 Å². The molecule has 1 unspecified atom stereocenters. The van der Waals surface area contributed by atoms with Crippen molar-refractivity contribution in [3.8, 4) is 0 Å². The van der Waals surface area contributed by atoms with Crippen LogP contribution >= 0.6 is 0 Å². The van der Waals surface area contributed by atoms with E-state index in [2.05, 4.69) is 68.9 Å². The maximum absolute atomic E-state index is 4.65. The predicted molar refractivity (Wildman–Crippen MR) is 77.1 cm³/mol. The number of aromatic nitrogens is 2. The Kier molecular flexibility index (Phi) is 3.38. The van der Waals surface area contributed by atoms with Crippen LogP contribution in [-0.2, 0) is 0 Å². The lowest BCUT2D eigenvalue weighted by Crippen LogP contribution is -2.16. The van der Waals surface area contributed by atoms with Crippen LogP contribution in [0.25, 0.3) is 12.2 Å². The van der Waals surface area contributed by atoms with E-state index < -0.39 is 0 Å². The second-order valence-electron chi connectivity index (χ2n) is 5.91. The van der Waals surface area contributed by atoms with Crippen LogP contribution in [0, 0.1) is 11.3 Å². The molecule has 0 spiro atoms. The molecule has 0 amide bonds. The molecule has 1 aliphatic carbocycles. The van der Waals surface area contributed by atoms with Crippen molar-refractivity contribution in [2.75, 3.05) is 0 Å². The van der Waals surface area contributed by atoms with Crippen LogP contribution in [0.2, 0.25) is 0 Å². The standard InChI is InChI=1S/C16H22N2/c1-11(2)15-17-10-13-6-8-16(5,12(3)4)9-7-14(13)18-15/h6-12H,1-5H3. The maximum Gasteiger partial charge on any atom is 0.131 e. The highest BCUT2D eigenvalue weighted by Gasteiger charge is 2.23. The summed E-state index contributed by atoms with van der Waals surface area (Å²) >= 11 is 0. The largest absolute Gasteiger partial charge is 0.240 e. The molecule has 2 nitrogen and oxygen atoms in total. The van der Waals surface area contributed by atoms with Crippen molar-refractivity contribution in [3.05, 3.63) is 35.4 Å². The predicted octanol–water partition coefficient (Wildman–Crippen LogP) is 4.30. The molecule has 96 valence electrons. The molecule has 1 aromatic heterocycles. The van der Waals surface area contributed by atoms with E-state index in [-0.39, 0.29) is 5.41 Å². The first-order valence-corrected chi connectivity index (χ1v) is 6.68. The topological polar surface area (TPSA) is 25.8 Å². The lowest BCUT2D eigenvalue weighted by atomic mass is 9.79. The van der Waals surface area contributed by atoms with Gasteiger partial charge in [-0.25, -0.2) is 9.97 Å². The van der Waals surface area contributed by atoms with E-state index in [1.165, 1.54) is 0 Å². The molecule has 0 bridgehead atoms. The third-order valence-electron chi connectivity index (χ3n) is 3.85. The highest BCUT2D eigenvalue weighted by Crippen LogP contribution is 2.34. The van der Waals surface area contributed by atoms with Gasteiger partial charge in [0.25, 0.3) is 0 Å². The molecule has 0 saturated carbocycles. The van der Waals surface area contributed by atoms with Crippen molar-refractivity contribution in [2.45, 2.75) is 40.5 Å². The quantitative estimate of drug-likeness (QED) is 0.772. The minimum atomic E-state index is 0.0959. The smallest absolute Gasteiger partial charge is 0.131 e. The Hall–Kier alpha value is -1.44. The molecule has 0 aromatic carbocycles. The van der Waals surface area contributed by atoms with E-state index in [0.29, 0.717) is 11.8 Å². The van der Waals surface area contributed by atoms with Gasteiger partial charge in [-0.3, -0.25) is 0 Å². The zero-order valence-corrected chi connectivity index (χ0v) is 11.9. The number of allylic oxidation sites excluding steroid dienone is 2. The normalized spacial score (nSPS) is 22.4. The van der Waals surface area contributed by atoms with Gasteiger partial charge in [0.15, 0.2) is 0 Å². The second kappa shape index (κ2) is 4.68. The fourth-order valence-corrected chi connectivity index (χ4v) is 1.93. The van der Waals surface area contributed by atoms with E-state index >= 15 is 0 Å². The Bertz CT molecular complexity index is 498. The van der Waals surface area contributed by atoms with Gasteiger partial charge in [0.1, 0.15) is 5.82 Å². The lowest BCUT2D eigenvalue weighted by Gasteiger charge is -2.26. The van der Waals surface area contributed by atoms with E-state index in [1.807, 2.05) is 6.20 Å². The average molecular weight is 242 g/mol. The molecule has 0 radical (unpaired) electrons. The van der Waals surface area contributed by atoms with Gasteiger partial charge in [0.2, 0.25) is 0 Å². The van der Waals surface area contributed by atoms with E-state index in [1.54, 1.807) is 0 Å². The van der Waals surface area contributed by atoms with Crippen LogP contribution < -0.4 is 0 Å². The summed E-state index contributed by atoms with van der Waals surface area (Å²) in [6.07, 6.45) is 10.8. The first-order chi connectivity index (χ1) is 8.42. The lowest BCUT2D eigenvalue weighted by molar-refractivity contribution is 0.387. The van der Waals surface area contributed by atoms with Crippen LogP contribution in [0.15, 0.2) is 18.3 Å². The average Bonchev–Trinajstić information content (AvgIpc) is 2.50. The second-order valence-corrected chi connectivity index (χ2v) is 5.91. The highest BCUT2D eigenvalue weighted by atomic mass is 14.9. The first kappa shape index (κ1) is 13.0. The van der Waals surface area contributed by atoms with Crippen molar-refractivity contribution in [1.82, 2.24) is 9.97 Å². The Morgan fingerprint density at radius 3 is 2.33 bits per heavy atom. The van der Waals surface area contributed by atoms with Gasteiger partial charge >= 0.3 is 0 Å². The van der Waals surface area contributed by atoms with E-state index in [9.17, 15) is 0 Å². The van der Waals surface area contributed by atoms with Gasteiger partial charge in [0.05, 0.1) is 5.69 Å². The van der Waals surface area contributed by atoms with Gasteiger partial charge < -0.3 is 0 Å². The number of hydrogen-bond donors (Lipinski definition) is 0. The van der Waals surface area contributed by atoms with Crippen molar-refractivity contribution in [3.63, 3.8) is 0 Å². The summed E-state index contributed by atoms with van der Waals surface area (Å²) < 4.78 is 0. The molecule has 1 atom stereocenters. The molecular weight excluding hydrogens is 220 g/mol. The molecule has 1 aliphatic rings. The van der Waals surface area contributed by atoms with E-state index in [0.717, 1.165) is 17.1 Å². The summed E-state index contributed by atoms with van der Waals surface area (Å²) in [5, 5.41) is 0. The van der Waals surface area contributed by atoms with Gasteiger partial charge in [-0.15, -0.1) is 0 Å². The molecule has 1 aromatic rings. The van der Waals surface area contributed by atoms with Gasteiger partial charge in [0, 0.05) is 23.1 Å².